The van der Waals surface area contributed by atoms with E-state index in [0.29, 0.717) is 29.9 Å². The topological polar surface area (TPSA) is 88.5 Å². The first kappa shape index (κ1) is 23.8. The summed E-state index contributed by atoms with van der Waals surface area (Å²) < 4.78 is 29.3. The Hall–Kier alpha value is -2.97. The summed E-state index contributed by atoms with van der Waals surface area (Å²) in [5.74, 6) is 0.293. The van der Waals surface area contributed by atoms with Crippen molar-refractivity contribution in [2.45, 2.75) is 56.5 Å². The molecule has 1 aromatic heterocycles. The first-order valence-corrected chi connectivity index (χ1v) is 13.8. The van der Waals surface area contributed by atoms with Crippen molar-refractivity contribution in [2.24, 2.45) is 5.92 Å². The van der Waals surface area contributed by atoms with E-state index in [2.05, 4.69) is 24.4 Å². The molecule has 1 unspecified atom stereocenters. The maximum atomic E-state index is 13.2. The summed E-state index contributed by atoms with van der Waals surface area (Å²) in [4.78, 5) is 25.9. The molecule has 0 saturated carbocycles. The molecule has 2 heterocycles. The van der Waals surface area contributed by atoms with E-state index in [4.69, 9.17) is 0 Å². The maximum Gasteiger partial charge on any atom is 0.251 e. The highest BCUT2D eigenvalue weighted by Crippen LogP contribution is 2.29. The number of hydrogen-bond donors (Lipinski definition) is 1. The van der Waals surface area contributed by atoms with Crippen molar-refractivity contribution in [3.8, 4) is 0 Å². The summed E-state index contributed by atoms with van der Waals surface area (Å²) >= 11 is 0. The zero-order valence-electron chi connectivity index (χ0n) is 19.9. The number of pyridine rings is 1. The molecule has 2 aromatic carbocycles. The van der Waals surface area contributed by atoms with Crippen LogP contribution in [-0.2, 0) is 27.8 Å². The van der Waals surface area contributed by atoms with Gasteiger partial charge in [0, 0.05) is 19.2 Å². The fourth-order valence-electron chi connectivity index (χ4n) is 5.27. The second kappa shape index (κ2) is 9.59. The third kappa shape index (κ3) is 4.77. The van der Waals surface area contributed by atoms with Gasteiger partial charge in [-0.15, -0.1) is 0 Å². The van der Waals surface area contributed by atoms with Crippen molar-refractivity contribution >= 4 is 26.8 Å². The van der Waals surface area contributed by atoms with E-state index in [9.17, 15) is 18.0 Å². The van der Waals surface area contributed by atoms with Crippen LogP contribution in [0.3, 0.4) is 0 Å². The van der Waals surface area contributed by atoms with Crippen LogP contribution in [-0.4, -0.2) is 36.3 Å². The van der Waals surface area contributed by atoms with Crippen LogP contribution in [0.5, 0.6) is 0 Å². The Balaban J connectivity index is 1.39. The van der Waals surface area contributed by atoms with Crippen LogP contribution >= 0.6 is 0 Å². The average molecular weight is 494 g/mol. The lowest BCUT2D eigenvalue weighted by atomic mass is 9.88. The first-order valence-electron chi connectivity index (χ1n) is 12.3. The van der Waals surface area contributed by atoms with Gasteiger partial charge in [-0.05, 0) is 78.8 Å². The minimum absolute atomic E-state index is 0.0675. The van der Waals surface area contributed by atoms with Gasteiger partial charge in [0.15, 0.2) is 0 Å². The highest BCUT2D eigenvalue weighted by Gasteiger charge is 2.28. The zero-order valence-corrected chi connectivity index (χ0v) is 20.8. The molecule has 7 nitrogen and oxygen atoms in total. The van der Waals surface area contributed by atoms with Gasteiger partial charge in [-0.1, -0.05) is 31.2 Å². The van der Waals surface area contributed by atoms with E-state index >= 15 is 0 Å². The van der Waals surface area contributed by atoms with Crippen LogP contribution in [0.25, 0.3) is 10.9 Å². The van der Waals surface area contributed by atoms with E-state index in [0.717, 1.165) is 37.7 Å². The summed E-state index contributed by atoms with van der Waals surface area (Å²) in [7, 11) is -3.60. The van der Waals surface area contributed by atoms with Gasteiger partial charge in [-0.2, -0.15) is 4.31 Å². The van der Waals surface area contributed by atoms with E-state index < -0.39 is 10.0 Å². The number of carbonyl (C=O) groups excluding carboxylic acids is 1. The Morgan fingerprint density at radius 3 is 2.60 bits per heavy atom. The summed E-state index contributed by atoms with van der Waals surface area (Å²) in [6.45, 7) is 3.06. The molecule has 1 N–H and O–H groups in total. The van der Waals surface area contributed by atoms with E-state index in [1.807, 2.05) is 12.1 Å². The SMILES string of the molecule is CC1CCN(S(=O)(=O)c2ccc3c(ccc(=O)n3CC(=O)NC3CCCc4ccccc43)c2)CC1. The molecule has 35 heavy (non-hydrogen) atoms. The van der Waals surface area contributed by atoms with Gasteiger partial charge in [-0.3, -0.25) is 14.2 Å². The summed E-state index contributed by atoms with van der Waals surface area (Å²) in [6, 6.07) is 15.9. The minimum Gasteiger partial charge on any atom is -0.348 e. The molecule has 1 fully saturated rings. The van der Waals surface area contributed by atoms with Gasteiger partial charge in [0.1, 0.15) is 6.54 Å². The number of benzene rings is 2. The molecule has 1 aliphatic carbocycles. The molecule has 5 rings (SSSR count). The third-order valence-corrected chi connectivity index (χ3v) is 9.24. The van der Waals surface area contributed by atoms with Crippen molar-refractivity contribution in [3.63, 3.8) is 0 Å². The van der Waals surface area contributed by atoms with Gasteiger partial charge < -0.3 is 5.32 Å². The summed E-state index contributed by atoms with van der Waals surface area (Å²) in [5, 5.41) is 3.71. The number of rotatable bonds is 5. The second-order valence-corrected chi connectivity index (χ2v) is 11.7. The predicted molar refractivity (Wildman–Crippen MR) is 136 cm³/mol. The Labute approximate surface area is 205 Å². The molecule has 1 aliphatic heterocycles. The smallest absolute Gasteiger partial charge is 0.251 e. The number of aromatic nitrogens is 1. The second-order valence-electron chi connectivity index (χ2n) is 9.78. The number of sulfonamides is 1. The molecular formula is C27H31N3O4S. The largest absolute Gasteiger partial charge is 0.348 e. The van der Waals surface area contributed by atoms with Crippen LogP contribution in [0, 0.1) is 5.92 Å². The molecule has 184 valence electrons. The first-order chi connectivity index (χ1) is 16.8. The van der Waals surface area contributed by atoms with Crippen LogP contribution < -0.4 is 10.9 Å². The van der Waals surface area contributed by atoms with E-state index in [1.165, 1.54) is 16.2 Å². The average Bonchev–Trinajstić information content (AvgIpc) is 2.86. The molecule has 3 aromatic rings. The van der Waals surface area contributed by atoms with Crippen molar-refractivity contribution in [3.05, 3.63) is 76.1 Å². The molecule has 1 atom stereocenters. The number of fused-ring (bicyclic) bond motifs is 2. The molecule has 8 heteroatoms. The number of carbonyl (C=O) groups is 1. The Morgan fingerprint density at radius 1 is 1.03 bits per heavy atom. The minimum atomic E-state index is -3.60. The number of aryl methyl sites for hydroxylation is 1. The predicted octanol–water partition coefficient (Wildman–Crippen LogP) is 3.62. The fraction of sp³-hybridized carbons (Fsp3) is 0.407. The van der Waals surface area contributed by atoms with Crippen molar-refractivity contribution in [2.75, 3.05) is 13.1 Å². The lowest BCUT2D eigenvalue weighted by Gasteiger charge is -2.29. The standard InChI is InChI=1S/C27H31N3O4S/c1-19-13-15-29(16-14-19)35(33,34)22-10-11-25-21(17-22)9-12-27(32)30(25)18-26(31)28-24-8-4-6-20-5-2-3-7-23(20)24/h2-3,5,7,9-12,17,19,24H,4,6,8,13-16,18H2,1H3,(H,28,31). The van der Waals surface area contributed by atoms with Crippen LogP contribution in [0.2, 0.25) is 0 Å². The maximum absolute atomic E-state index is 13.2. The van der Waals surface area contributed by atoms with E-state index in [-0.39, 0.29) is 28.9 Å². The van der Waals surface area contributed by atoms with Crippen molar-refractivity contribution < 1.29 is 13.2 Å². The highest BCUT2D eigenvalue weighted by molar-refractivity contribution is 7.89. The Morgan fingerprint density at radius 2 is 1.80 bits per heavy atom. The number of nitrogens with zero attached hydrogens (tertiary/aromatic N) is 2. The molecule has 1 saturated heterocycles. The summed E-state index contributed by atoms with van der Waals surface area (Å²) in [5.41, 5.74) is 2.64. The Kier molecular flexibility index (Phi) is 6.51. The molecule has 1 amide bonds. The number of hydrogen-bond acceptors (Lipinski definition) is 4. The lowest BCUT2D eigenvalue weighted by Crippen LogP contribution is -2.38. The number of amides is 1. The Bertz CT molecular complexity index is 1420. The fourth-order valence-corrected chi connectivity index (χ4v) is 6.77. The molecule has 0 radical (unpaired) electrons. The van der Waals surface area contributed by atoms with Crippen molar-refractivity contribution in [1.29, 1.82) is 0 Å². The summed E-state index contributed by atoms with van der Waals surface area (Å²) in [6.07, 6.45) is 4.58. The van der Waals surface area contributed by atoms with Gasteiger partial charge in [0.2, 0.25) is 15.9 Å². The zero-order chi connectivity index (χ0) is 24.6. The normalized spacial score (nSPS) is 19.4. The van der Waals surface area contributed by atoms with Crippen LogP contribution in [0.15, 0.2) is 64.3 Å². The van der Waals surface area contributed by atoms with Gasteiger partial charge in [0.25, 0.3) is 5.56 Å². The van der Waals surface area contributed by atoms with Gasteiger partial charge >= 0.3 is 0 Å². The molecule has 2 aliphatic rings. The van der Waals surface area contributed by atoms with Crippen LogP contribution in [0.4, 0.5) is 0 Å². The quantitative estimate of drug-likeness (QED) is 0.588. The van der Waals surface area contributed by atoms with Gasteiger partial charge in [0.05, 0.1) is 16.5 Å². The van der Waals surface area contributed by atoms with E-state index in [1.54, 1.807) is 28.6 Å². The molecular weight excluding hydrogens is 462 g/mol. The lowest BCUT2D eigenvalue weighted by molar-refractivity contribution is -0.122. The molecule has 0 spiro atoms. The van der Waals surface area contributed by atoms with Gasteiger partial charge in [-0.25, -0.2) is 8.42 Å². The highest BCUT2D eigenvalue weighted by atomic mass is 32.2. The van der Waals surface area contributed by atoms with Crippen molar-refractivity contribution in [1.82, 2.24) is 14.2 Å². The third-order valence-electron chi connectivity index (χ3n) is 7.35. The number of piperidine rings is 1. The molecule has 0 bridgehead atoms. The van der Waals surface area contributed by atoms with Crippen LogP contribution in [0.1, 0.15) is 49.8 Å². The monoisotopic (exact) mass is 493 g/mol. The number of nitrogens with one attached hydrogen (secondary N) is 1.